The van der Waals surface area contributed by atoms with Crippen molar-refractivity contribution in [2.24, 2.45) is 0 Å². The second kappa shape index (κ2) is 5.93. The van der Waals surface area contributed by atoms with Crippen LogP contribution in [0.4, 0.5) is 4.39 Å². The molecule has 0 fully saturated rings. The SMILES string of the molecule is C/C(=C(/F)[S@@](=O)c1ccc(C)cc1)c1ccccc1. The zero-order chi connectivity index (χ0) is 13.8. The van der Waals surface area contributed by atoms with Crippen molar-refractivity contribution in [2.75, 3.05) is 0 Å². The van der Waals surface area contributed by atoms with Crippen molar-refractivity contribution in [3.63, 3.8) is 0 Å². The van der Waals surface area contributed by atoms with Gasteiger partial charge in [0, 0.05) is 10.5 Å². The van der Waals surface area contributed by atoms with Crippen molar-refractivity contribution in [3.8, 4) is 0 Å². The van der Waals surface area contributed by atoms with Gasteiger partial charge in [0.2, 0.25) is 0 Å². The van der Waals surface area contributed by atoms with Gasteiger partial charge < -0.3 is 0 Å². The molecule has 0 amide bonds. The lowest BCUT2D eigenvalue weighted by Gasteiger charge is -2.05. The fourth-order valence-electron chi connectivity index (χ4n) is 1.71. The molecule has 0 heterocycles. The summed E-state index contributed by atoms with van der Waals surface area (Å²) >= 11 is 0. The van der Waals surface area contributed by atoms with E-state index in [4.69, 9.17) is 0 Å². The topological polar surface area (TPSA) is 17.1 Å². The fraction of sp³-hybridized carbons (Fsp3) is 0.125. The molecular formula is C16H15FOS. The molecule has 0 bridgehead atoms. The van der Waals surface area contributed by atoms with Crippen LogP contribution >= 0.6 is 0 Å². The van der Waals surface area contributed by atoms with E-state index in [-0.39, 0.29) is 0 Å². The predicted molar refractivity (Wildman–Crippen MR) is 77.7 cm³/mol. The molecule has 2 aromatic carbocycles. The van der Waals surface area contributed by atoms with E-state index in [1.165, 1.54) is 0 Å². The first-order valence-corrected chi connectivity index (χ1v) is 7.15. The van der Waals surface area contributed by atoms with E-state index in [0.717, 1.165) is 11.1 Å². The standard InChI is InChI=1S/C16H15FOS/c1-12-8-10-15(11-9-12)19(18)16(17)13(2)14-6-4-3-5-7-14/h3-11H,1-2H3/b16-13+/t19-/m0/s1. The van der Waals surface area contributed by atoms with Gasteiger partial charge >= 0.3 is 0 Å². The minimum absolute atomic E-state index is 0.416. The monoisotopic (exact) mass is 274 g/mol. The third-order valence-corrected chi connectivity index (χ3v) is 4.23. The number of hydrogen-bond acceptors (Lipinski definition) is 1. The van der Waals surface area contributed by atoms with Gasteiger partial charge in [0.05, 0.1) is 0 Å². The van der Waals surface area contributed by atoms with E-state index in [2.05, 4.69) is 0 Å². The molecule has 0 saturated heterocycles. The number of benzene rings is 2. The quantitative estimate of drug-likeness (QED) is 0.807. The van der Waals surface area contributed by atoms with Gasteiger partial charge in [-0.15, -0.1) is 0 Å². The molecule has 1 nitrogen and oxygen atoms in total. The summed E-state index contributed by atoms with van der Waals surface area (Å²) in [5, 5.41) is -0.588. The highest BCUT2D eigenvalue weighted by molar-refractivity contribution is 7.89. The maximum absolute atomic E-state index is 14.2. The molecule has 0 aliphatic carbocycles. The van der Waals surface area contributed by atoms with Crippen LogP contribution < -0.4 is 0 Å². The molecule has 0 aliphatic rings. The third kappa shape index (κ3) is 3.18. The molecule has 1 atom stereocenters. The van der Waals surface area contributed by atoms with E-state index in [1.807, 2.05) is 37.3 Å². The van der Waals surface area contributed by atoms with Gasteiger partial charge in [-0.3, -0.25) is 0 Å². The van der Waals surface area contributed by atoms with Crippen LogP contribution in [0.2, 0.25) is 0 Å². The molecule has 0 radical (unpaired) electrons. The Morgan fingerprint density at radius 1 is 1.00 bits per heavy atom. The average Bonchev–Trinajstić information content (AvgIpc) is 2.46. The van der Waals surface area contributed by atoms with Gasteiger partial charge in [0.25, 0.3) is 0 Å². The van der Waals surface area contributed by atoms with E-state index >= 15 is 0 Å². The minimum Gasteiger partial charge on any atom is -0.247 e. The Bertz CT molecular complexity index is 615. The molecule has 98 valence electrons. The van der Waals surface area contributed by atoms with Crippen LogP contribution in [-0.4, -0.2) is 4.21 Å². The van der Waals surface area contributed by atoms with Crippen molar-refractivity contribution < 1.29 is 8.60 Å². The smallest absolute Gasteiger partial charge is 0.195 e. The Morgan fingerprint density at radius 3 is 2.16 bits per heavy atom. The Balaban J connectivity index is 2.35. The largest absolute Gasteiger partial charge is 0.247 e. The second-order valence-corrected chi connectivity index (χ2v) is 5.71. The highest BCUT2D eigenvalue weighted by Gasteiger charge is 2.14. The summed E-state index contributed by atoms with van der Waals surface area (Å²) < 4.78 is 26.4. The van der Waals surface area contributed by atoms with Gasteiger partial charge in [-0.2, -0.15) is 4.39 Å². The summed E-state index contributed by atoms with van der Waals surface area (Å²) in [7, 11) is -1.75. The fourth-order valence-corrected chi connectivity index (χ4v) is 2.69. The van der Waals surface area contributed by atoms with Gasteiger partial charge in [-0.25, -0.2) is 4.21 Å². The van der Waals surface area contributed by atoms with E-state index < -0.39 is 16.0 Å². The van der Waals surface area contributed by atoms with Gasteiger partial charge in [0.1, 0.15) is 10.8 Å². The van der Waals surface area contributed by atoms with Crippen molar-refractivity contribution >= 4 is 16.4 Å². The van der Waals surface area contributed by atoms with Crippen LogP contribution in [0.25, 0.3) is 5.57 Å². The predicted octanol–water partition coefficient (Wildman–Crippen LogP) is 4.46. The van der Waals surface area contributed by atoms with Crippen molar-refractivity contribution in [3.05, 3.63) is 70.9 Å². The summed E-state index contributed by atoms with van der Waals surface area (Å²) in [6.45, 7) is 3.59. The Labute approximate surface area is 115 Å². The summed E-state index contributed by atoms with van der Waals surface area (Å²) in [6.07, 6.45) is 0. The van der Waals surface area contributed by atoms with Gasteiger partial charge in [-0.05, 0) is 31.5 Å². The number of allylic oxidation sites excluding steroid dienone is 1. The van der Waals surface area contributed by atoms with Crippen LogP contribution in [0.3, 0.4) is 0 Å². The van der Waals surface area contributed by atoms with Crippen LogP contribution in [0, 0.1) is 6.92 Å². The lowest BCUT2D eigenvalue weighted by Crippen LogP contribution is -1.95. The molecule has 0 spiro atoms. The second-order valence-electron chi connectivity index (χ2n) is 4.35. The van der Waals surface area contributed by atoms with Crippen LogP contribution in [-0.2, 0) is 10.8 Å². The first kappa shape index (κ1) is 13.7. The Morgan fingerprint density at radius 2 is 1.58 bits per heavy atom. The highest BCUT2D eigenvalue weighted by Crippen LogP contribution is 2.25. The summed E-state index contributed by atoms with van der Waals surface area (Å²) in [5.74, 6) is 0. The zero-order valence-corrected chi connectivity index (χ0v) is 11.7. The Hall–Kier alpha value is -1.74. The molecule has 0 aromatic heterocycles. The van der Waals surface area contributed by atoms with Crippen LogP contribution in [0.5, 0.6) is 0 Å². The lowest BCUT2D eigenvalue weighted by atomic mass is 10.1. The number of rotatable bonds is 3. The average molecular weight is 274 g/mol. The lowest BCUT2D eigenvalue weighted by molar-refractivity contribution is 0.651. The first-order chi connectivity index (χ1) is 9.09. The molecule has 3 heteroatoms. The van der Waals surface area contributed by atoms with Crippen LogP contribution in [0.1, 0.15) is 18.1 Å². The maximum atomic E-state index is 14.2. The molecule has 0 saturated carbocycles. The minimum atomic E-state index is -1.75. The van der Waals surface area contributed by atoms with Crippen molar-refractivity contribution in [1.29, 1.82) is 0 Å². The van der Waals surface area contributed by atoms with E-state index in [1.54, 1.807) is 31.2 Å². The van der Waals surface area contributed by atoms with Crippen LogP contribution in [0.15, 0.2) is 64.7 Å². The Kier molecular flexibility index (Phi) is 4.27. The molecule has 0 aliphatic heterocycles. The molecular weight excluding hydrogens is 259 g/mol. The maximum Gasteiger partial charge on any atom is 0.195 e. The van der Waals surface area contributed by atoms with E-state index in [0.29, 0.717) is 10.5 Å². The van der Waals surface area contributed by atoms with Crippen molar-refractivity contribution in [1.82, 2.24) is 0 Å². The van der Waals surface area contributed by atoms with Gasteiger partial charge in [0.15, 0.2) is 5.16 Å². The summed E-state index contributed by atoms with van der Waals surface area (Å²) in [4.78, 5) is 0.485. The molecule has 0 unspecified atom stereocenters. The molecule has 2 rings (SSSR count). The molecule has 2 aromatic rings. The summed E-state index contributed by atoms with van der Waals surface area (Å²) in [6, 6.07) is 16.2. The first-order valence-electron chi connectivity index (χ1n) is 6.00. The van der Waals surface area contributed by atoms with Crippen molar-refractivity contribution in [2.45, 2.75) is 18.7 Å². The highest BCUT2D eigenvalue weighted by atomic mass is 32.2. The normalized spacial score (nSPS) is 13.8. The third-order valence-electron chi connectivity index (χ3n) is 2.90. The van der Waals surface area contributed by atoms with Gasteiger partial charge in [-0.1, -0.05) is 48.0 Å². The summed E-state index contributed by atoms with van der Waals surface area (Å²) in [5.41, 5.74) is 2.23. The zero-order valence-electron chi connectivity index (χ0n) is 10.9. The molecule has 0 N–H and O–H groups in total. The number of hydrogen-bond donors (Lipinski definition) is 0. The number of halogens is 1. The molecule has 19 heavy (non-hydrogen) atoms. The number of aryl methyl sites for hydroxylation is 1. The van der Waals surface area contributed by atoms with E-state index in [9.17, 15) is 8.60 Å².